The fraction of sp³-hybridized carbons (Fsp3) is 0.238. The summed E-state index contributed by atoms with van der Waals surface area (Å²) in [6.45, 7) is 6.91. The summed E-state index contributed by atoms with van der Waals surface area (Å²) in [5.41, 5.74) is 3.42. The lowest BCUT2D eigenvalue weighted by Crippen LogP contribution is -2.24. The van der Waals surface area contributed by atoms with E-state index in [-0.39, 0.29) is 17.0 Å². The van der Waals surface area contributed by atoms with Gasteiger partial charge in [-0.1, -0.05) is 39.0 Å². The van der Waals surface area contributed by atoms with Crippen LogP contribution in [0.15, 0.2) is 61.2 Å². The second kappa shape index (κ2) is 7.95. The topological polar surface area (TPSA) is 79.8 Å². The SMILES string of the molecule is CC(C)(C)c1ccccc1Nc1cnc(C(=O)NCc2ccncc2)cn1. The van der Waals surface area contributed by atoms with Crippen LogP contribution >= 0.6 is 0 Å². The Bertz CT molecular complexity index is 902. The zero-order valence-corrected chi connectivity index (χ0v) is 15.7. The van der Waals surface area contributed by atoms with Gasteiger partial charge in [-0.3, -0.25) is 9.78 Å². The smallest absolute Gasteiger partial charge is 0.271 e. The quantitative estimate of drug-likeness (QED) is 0.722. The van der Waals surface area contributed by atoms with Crippen LogP contribution in [0.25, 0.3) is 0 Å². The predicted molar refractivity (Wildman–Crippen MR) is 106 cm³/mol. The molecule has 0 atom stereocenters. The van der Waals surface area contributed by atoms with Crippen LogP contribution in [0.4, 0.5) is 11.5 Å². The molecule has 0 spiro atoms. The van der Waals surface area contributed by atoms with Gasteiger partial charge in [-0.2, -0.15) is 0 Å². The molecule has 1 amide bonds. The highest BCUT2D eigenvalue weighted by Crippen LogP contribution is 2.30. The molecule has 2 N–H and O–H groups in total. The van der Waals surface area contributed by atoms with E-state index in [0.29, 0.717) is 12.4 Å². The first-order chi connectivity index (χ1) is 12.9. The molecule has 1 aromatic carbocycles. The Kier molecular flexibility index (Phi) is 5.45. The highest BCUT2D eigenvalue weighted by Gasteiger charge is 2.17. The van der Waals surface area contributed by atoms with Crippen molar-refractivity contribution in [1.82, 2.24) is 20.3 Å². The third kappa shape index (κ3) is 4.88. The number of amides is 1. The molecule has 0 aliphatic carbocycles. The van der Waals surface area contributed by atoms with Crippen molar-refractivity contribution in [2.24, 2.45) is 0 Å². The molecule has 2 aromatic heterocycles. The molecule has 27 heavy (non-hydrogen) atoms. The first kappa shape index (κ1) is 18.5. The summed E-state index contributed by atoms with van der Waals surface area (Å²) in [7, 11) is 0. The highest BCUT2D eigenvalue weighted by atomic mass is 16.1. The van der Waals surface area contributed by atoms with Gasteiger partial charge >= 0.3 is 0 Å². The summed E-state index contributed by atoms with van der Waals surface area (Å²) in [6.07, 6.45) is 6.43. The normalized spacial score (nSPS) is 11.1. The number of nitrogens with one attached hydrogen (secondary N) is 2. The van der Waals surface area contributed by atoms with Gasteiger partial charge in [0.2, 0.25) is 0 Å². The van der Waals surface area contributed by atoms with Crippen molar-refractivity contribution < 1.29 is 4.79 Å². The number of para-hydroxylation sites is 1. The van der Waals surface area contributed by atoms with Crippen LogP contribution in [0.2, 0.25) is 0 Å². The van der Waals surface area contributed by atoms with E-state index in [1.165, 1.54) is 11.8 Å². The van der Waals surface area contributed by atoms with E-state index in [2.05, 4.69) is 52.4 Å². The van der Waals surface area contributed by atoms with Crippen LogP contribution in [0.1, 0.15) is 42.4 Å². The molecule has 0 saturated carbocycles. The van der Waals surface area contributed by atoms with Crippen LogP contribution < -0.4 is 10.6 Å². The minimum Gasteiger partial charge on any atom is -0.347 e. The molecule has 0 unspecified atom stereocenters. The molecule has 6 heteroatoms. The molecule has 2 heterocycles. The largest absolute Gasteiger partial charge is 0.347 e. The third-order valence-electron chi connectivity index (χ3n) is 4.08. The zero-order chi connectivity index (χ0) is 19.3. The maximum Gasteiger partial charge on any atom is 0.271 e. The number of benzene rings is 1. The zero-order valence-electron chi connectivity index (χ0n) is 15.7. The predicted octanol–water partition coefficient (Wildman–Crippen LogP) is 3.84. The molecule has 6 nitrogen and oxygen atoms in total. The second-order valence-electron chi connectivity index (χ2n) is 7.25. The maximum absolute atomic E-state index is 12.2. The van der Waals surface area contributed by atoms with Crippen molar-refractivity contribution in [3.05, 3.63) is 78.0 Å². The number of nitrogens with zero attached hydrogens (tertiary/aromatic N) is 3. The third-order valence-corrected chi connectivity index (χ3v) is 4.08. The van der Waals surface area contributed by atoms with Crippen molar-refractivity contribution in [2.75, 3.05) is 5.32 Å². The highest BCUT2D eigenvalue weighted by molar-refractivity contribution is 5.92. The van der Waals surface area contributed by atoms with Crippen molar-refractivity contribution in [2.45, 2.75) is 32.7 Å². The summed E-state index contributed by atoms with van der Waals surface area (Å²) in [6, 6.07) is 11.8. The number of carbonyl (C=O) groups is 1. The molecule has 0 saturated heterocycles. The van der Waals surface area contributed by atoms with Gasteiger partial charge in [0.05, 0.1) is 12.4 Å². The minimum absolute atomic E-state index is 0.00378. The Morgan fingerprint density at radius 1 is 1.00 bits per heavy atom. The monoisotopic (exact) mass is 361 g/mol. The molecule has 0 bridgehead atoms. The summed E-state index contributed by atoms with van der Waals surface area (Å²) >= 11 is 0. The van der Waals surface area contributed by atoms with Gasteiger partial charge in [0.1, 0.15) is 11.5 Å². The number of hydrogen-bond acceptors (Lipinski definition) is 5. The van der Waals surface area contributed by atoms with Crippen molar-refractivity contribution in [3.63, 3.8) is 0 Å². The number of aromatic nitrogens is 3. The van der Waals surface area contributed by atoms with E-state index in [1.54, 1.807) is 18.6 Å². The fourth-order valence-electron chi connectivity index (χ4n) is 2.67. The van der Waals surface area contributed by atoms with Crippen molar-refractivity contribution >= 4 is 17.4 Å². The Balaban J connectivity index is 1.66. The lowest BCUT2D eigenvalue weighted by Gasteiger charge is -2.23. The van der Waals surface area contributed by atoms with Gasteiger partial charge < -0.3 is 10.6 Å². The number of pyridine rings is 1. The van der Waals surface area contributed by atoms with Crippen LogP contribution in [0.3, 0.4) is 0 Å². The van der Waals surface area contributed by atoms with Crippen LogP contribution in [0, 0.1) is 0 Å². The Morgan fingerprint density at radius 3 is 2.41 bits per heavy atom. The van der Waals surface area contributed by atoms with Crippen molar-refractivity contribution in [3.8, 4) is 0 Å². The Morgan fingerprint density at radius 2 is 1.74 bits per heavy atom. The first-order valence-corrected chi connectivity index (χ1v) is 8.79. The number of anilines is 2. The van der Waals surface area contributed by atoms with E-state index < -0.39 is 0 Å². The first-order valence-electron chi connectivity index (χ1n) is 8.79. The van der Waals surface area contributed by atoms with Crippen LogP contribution in [-0.2, 0) is 12.0 Å². The van der Waals surface area contributed by atoms with Crippen LogP contribution in [-0.4, -0.2) is 20.9 Å². The Labute approximate surface area is 159 Å². The molecule has 3 aromatic rings. The molecule has 0 fully saturated rings. The molecule has 0 aliphatic rings. The van der Waals surface area contributed by atoms with Crippen molar-refractivity contribution in [1.29, 1.82) is 0 Å². The second-order valence-corrected chi connectivity index (χ2v) is 7.25. The van der Waals surface area contributed by atoms with Gasteiger partial charge in [-0.15, -0.1) is 0 Å². The van der Waals surface area contributed by atoms with Gasteiger partial charge in [0.15, 0.2) is 0 Å². The molecular weight excluding hydrogens is 338 g/mol. The fourth-order valence-corrected chi connectivity index (χ4v) is 2.67. The Hall–Kier alpha value is -3.28. The minimum atomic E-state index is -0.263. The lowest BCUT2D eigenvalue weighted by atomic mass is 9.86. The molecule has 3 rings (SSSR count). The van der Waals surface area contributed by atoms with Gasteiger partial charge in [-0.25, -0.2) is 9.97 Å². The summed E-state index contributed by atoms with van der Waals surface area (Å²) in [5, 5.41) is 6.11. The summed E-state index contributed by atoms with van der Waals surface area (Å²) in [5.74, 6) is 0.332. The number of carbonyl (C=O) groups excluding carboxylic acids is 1. The summed E-state index contributed by atoms with van der Waals surface area (Å²) in [4.78, 5) is 24.7. The van der Waals surface area contributed by atoms with Gasteiger partial charge in [0.25, 0.3) is 5.91 Å². The summed E-state index contributed by atoms with van der Waals surface area (Å²) < 4.78 is 0. The van der Waals surface area contributed by atoms with Crippen LogP contribution in [0.5, 0.6) is 0 Å². The van der Waals surface area contributed by atoms with Gasteiger partial charge in [-0.05, 0) is 34.7 Å². The molecule has 0 radical (unpaired) electrons. The molecular formula is C21H23N5O. The maximum atomic E-state index is 12.2. The van der Waals surface area contributed by atoms with E-state index in [9.17, 15) is 4.79 Å². The molecule has 138 valence electrons. The average Bonchev–Trinajstić information content (AvgIpc) is 2.67. The average molecular weight is 361 g/mol. The lowest BCUT2D eigenvalue weighted by molar-refractivity contribution is 0.0945. The number of rotatable bonds is 5. The standard InChI is InChI=1S/C21H23N5O/c1-21(2,3)16-6-4-5-7-17(16)26-19-14-23-18(13-24-19)20(27)25-12-15-8-10-22-11-9-15/h4-11,13-14H,12H2,1-3H3,(H,24,26)(H,25,27). The van der Waals surface area contributed by atoms with E-state index in [1.807, 2.05) is 30.3 Å². The number of hydrogen-bond donors (Lipinski definition) is 2. The van der Waals surface area contributed by atoms with E-state index in [0.717, 1.165) is 11.3 Å². The van der Waals surface area contributed by atoms with E-state index in [4.69, 9.17) is 0 Å². The van der Waals surface area contributed by atoms with Gasteiger partial charge in [0, 0.05) is 24.6 Å². The van der Waals surface area contributed by atoms with E-state index >= 15 is 0 Å². The molecule has 0 aliphatic heterocycles.